The number of nitrogens with zero attached hydrogens (tertiary/aromatic N) is 7. The van der Waals surface area contributed by atoms with Crippen LogP contribution in [0.5, 0.6) is 5.75 Å². The van der Waals surface area contributed by atoms with Gasteiger partial charge < -0.3 is 14.9 Å². The number of aromatic nitrogens is 3. The molecule has 0 aliphatic heterocycles. The highest BCUT2D eigenvalue weighted by molar-refractivity contribution is 7.86. The molecule has 3 rings (SSSR count). The molecule has 2 N–H and O–H groups in total. The van der Waals surface area contributed by atoms with Crippen LogP contribution in [0.25, 0.3) is 10.8 Å². The summed E-state index contributed by atoms with van der Waals surface area (Å²) < 4.78 is 33.1. The number of hydrogen-bond acceptors (Lipinski definition) is 10. The van der Waals surface area contributed by atoms with Crippen molar-refractivity contribution in [3.63, 3.8) is 0 Å². The number of benzene rings is 2. The van der Waals surface area contributed by atoms with Crippen molar-refractivity contribution in [3.05, 3.63) is 30.3 Å². The monoisotopic (exact) mass is 417 g/mol. The van der Waals surface area contributed by atoms with Gasteiger partial charge in [0.1, 0.15) is 10.6 Å². The van der Waals surface area contributed by atoms with Crippen molar-refractivity contribution in [1.82, 2.24) is 15.0 Å². The number of phenolic OH excluding ortho intramolecular Hbond substituents is 1. The predicted molar refractivity (Wildman–Crippen MR) is 108 cm³/mol. The van der Waals surface area contributed by atoms with Crippen molar-refractivity contribution in [2.24, 2.45) is 10.2 Å². The molecule has 0 spiro atoms. The highest BCUT2D eigenvalue weighted by atomic mass is 32.2. The van der Waals surface area contributed by atoms with Crippen LogP contribution in [0, 0.1) is 0 Å². The van der Waals surface area contributed by atoms with Crippen LogP contribution in [0.3, 0.4) is 0 Å². The Morgan fingerprint density at radius 1 is 0.897 bits per heavy atom. The van der Waals surface area contributed by atoms with Gasteiger partial charge >= 0.3 is 0 Å². The Bertz CT molecular complexity index is 1180. The van der Waals surface area contributed by atoms with Gasteiger partial charge in [-0.2, -0.15) is 23.4 Å². The average Bonchev–Trinajstić information content (AvgIpc) is 2.66. The van der Waals surface area contributed by atoms with Gasteiger partial charge in [-0.1, -0.05) is 24.3 Å². The molecule has 0 saturated heterocycles. The fraction of sp³-hybridized carbons (Fsp3) is 0.235. The van der Waals surface area contributed by atoms with Crippen molar-refractivity contribution in [1.29, 1.82) is 0 Å². The quantitative estimate of drug-likeness (QED) is 0.472. The van der Waals surface area contributed by atoms with E-state index in [2.05, 4.69) is 25.2 Å². The number of fused-ring (bicyclic) bond motifs is 1. The average molecular weight is 417 g/mol. The number of aromatic hydroxyl groups is 1. The van der Waals surface area contributed by atoms with Gasteiger partial charge in [0, 0.05) is 39.0 Å². The third kappa shape index (κ3) is 4.22. The Morgan fingerprint density at radius 2 is 1.45 bits per heavy atom. The van der Waals surface area contributed by atoms with E-state index in [-0.39, 0.29) is 28.2 Å². The molecule has 0 unspecified atom stereocenters. The van der Waals surface area contributed by atoms with E-state index in [9.17, 15) is 18.1 Å². The second kappa shape index (κ2) is 7.56. The molecular formula is C17H19N7O4S. The molecule has 0 aliphatic carbocycles. The van der Waals surface area contributed by atoms with Crippen molar-refractivity contribution in [3.8, 4) is 5.75 Å². The Balaban J connectivity index is 2.16. The van der Waals surface area contributed by atoms with Crippen LogP contribution in [0.2, 0.25) is 0 Å². The van der Waals surface area contributed by atoms with Crippen LogP contribution < -0.4 is 9.80 Å². The van der Waals surface area contributed by atoms with Gasteiger partial charge in [0.2, 0.25) is 11.9 Å². The minimum Gasteiger partial charge on any atom is -0.505 e. The zero-order valence-electron chi connectivity index (χ0n) is 16.1. The standard InChI is InChI=1S/C17H19N7O4S/c1-23(2)16-18-15(19-17(20-16)24(3)4)22-21-12-9-13(29(26,27)28)10-7-5-6-8-11(10)14(12)25/h5-9,25H,1-4H3,(H,26,27,28). The molecule has 0 bridgehead atoms. The Labute approximate surface area is 167 Å². The summed E-state index contributed by atoms with van der Waals surface area (Å²) in [5.74, 6) is 0.373. The zero-order valence-corrected chi connectivity index (χ0v) is 17.0. The minimum absolute atomic E-state index is 0.0339. The van der Waals surface area contributed by atoms with Gasteiger partial charge in [-0.15, -0.1) is 10.2 Å². The predicted octanol–water partition coefficient (Wildman–Crippen LogP) is 2.52. The number of azo groups is 1. The van der Waals surface area contributed by atoms with E-state index in [0.717, 1.165) is 6.07 Å². The molecule has 0 amide bonds. The van der Waals surface area contributed by atoms with Gasteiger partial charge in [-0.3, -0.25) is 4.55 Å². The Hall–Kier alpha value is -3.38. The molecule has 0 atom stereocenters. The molecule has 0 saturated carbocycles. The lowest BCUT2D eigenvalue weighted by Crippen LogP contribution is -2.18. The maximum atomic E-state index is 11.8. The second-order valence-corrected chi connectivity index (χ2v) is 7.88. The molecule has 0 aliphatic rings. The summed E-state index contributed by atoms with van der Waals surface area (Å²) in [5, 5.41) is 18.7. The Morgan fingerprint density at radius 3 is 1.97 bits per heavy atom. The summed E-state index contributed by atoms with van der Waals surface area (Å²) >= 11 is 0. The first kappa shape index (κ1) is 20.4. The van der Waals surface area contributed by atoms with E-state index in [1.54, 1.807) is 50.1 Å². The van der Waals surface area contributed by atoms with Crippen molar-refractivity contribution < 1.29 is 18.1 Å². The van der Waals surface area contributed by atoms with Gasteiger partial charge in [0.15, 0.2) is 5.75 Å². The molecule has 0 fully saturated rings. The molecule has 1 aromatic heterocycles. The molecule has 11 nitrogen and oxygen atoms in total. The normalized spacial score (nSPS) is 11.9. The summed E-state index contributed by atoms with van der Waals surface area (Å²) in [6, 6.07) is 7.23. The van der Waals surface area contributed by atoms with Crippen LogP contribution in [0.1, 0.15) is 0 Å². The first-order valence-corrected chi connectivity index (χ1v) is 9.76. The minimum atomic E-state index is -4.55. The molecule has 152 valence electrons. The van der Waals surface area contributed by atoms with Crippen molar-refractivity contribution in [2.45, 2.75) is 4.90 Å². The molecule has 12 heteroatoms. The smallest absolute Gasteiger partial charge is 0.295 e. The van der Waals surface area contributed by atoms with E-state index in [1.165, 1.54) is 12.1 Å². The molecular weight excluding hydrogens is 398 g/mol. The SMILES string of the molecule is CN(C)c1nc(N=Nc2cc(S(=O)(=O)O)c3ccccc3c2O)nc(N(C)C)n1. The number of phenols is 1. The van der Waals surface area contributed by atoms with Gasteiger partial charge in [-0.05, 0) is 6.07 Å². The van der Waals surface area contributed by atoms with Gasteiger partial charge in [0.05, 0.1) is 0 Å². The molecule has 2 aromatic carbocycles. The summed E-state index contributed by atoms with van der Waals surface area (Å²) in [7, 11) is 2.46. The van der Waals surface area contributed by atoms with E-state index < -0.39 is 15.0 Å². The fourth-order valence-corrected chi connectivity index (χ4v) is 3.21. The van der Waals surface area contributed by atoms with E-state index in [0.29, 0.717) is 11.9 Å². The summed E-state index contributed by atoms with van der Waals surface area (Å²) in [6.45, 7) is 0. The third-order valence-electron chi connectivity index (χ3n) is 3.88. The number of hydrogen-bond donors (Lipinski definition) is 2. The molecule has 3 aromatic rings. The summed E-state index contributed by atoms with van der Waals surface area (Å²) in [6.07, 6.45) is 0. The van der Waals surface area contributed by atoms with E-state index in [4.69, 9.17) is 0 Å². The fourth-order valence-electron chi connectivity index (χ4n) is 2.49. The van der Waals surface area contributed by atoms with Crippen LogP contribution in [0.15, 0.2) is 45.5 Å². The topological polar surface area (TPSA) is 144 Å². The third-order valence-corrected chi connectivity index (χ3v) is 4.78. The van der Waals surface area contributed by atoms with Gasteiger partial charge in [-0.25, -0.2) is 0 Å². The van der Waals surface area contributed by atoms with Crippen LogP contribution in [0.4, 0.5) is 23.5 Å². The lowest BCUT2D eigenvalue weighted by Gasteiger charge is -2.14. The first-order valence-electron chi connectivity index (χ1n) is 8.32. The largest absolute Gasteiger partial charge is 0.505 e. The van der Waals surface area contributed by atoms with Crippen LogP contribution >= 0.6 is 0 Å². The summed E-state index contributed by atoms with van der Waals surface area (Å²) in [4.78, 5) is 15.5. The maximum Gasteiger partial charge on any atom is 0.295 e. The highest BCUT2D eigenvalue weighted by Crippen LogP contribution is 2.39. The number of rotatable bonds is 5. The Kier molecular flexibility index (Phi) is 5.31. The highest BCUT2D eigenvalue weighted by Gasteiger charge is 2.19. The van der Waals surface area contributed by atoms with E-state index in [1.807, 2.05) is 0 Å². The lowest BCUT2D eigenvalue weighted by atomic mass is 10.1. The molecule has 1 heterocycles. The van der Waals surface area contributed by atoms with Gasteiger partial charge in [0.25, 0.3) is 16.1 Å². The molecule has 29 heavy (non-hydrogen) atoms. The second-order valence-electron chi connectivity index (χ2n) is 6.49. The first-order chi connectivity index (χ1) is 13.6. The van der Waals surface area contributed by atoms with E-state index >= 15 is 0 Å². The van der Waals surface area contributed by atoms with Crippen LogP contribution in [-0.2, 0) is 10.1 Å². The van der Waals surface area contributed by atoms with Crippen LogP contribution in [-0.4, -0.2) is 61.2 Å². The number of anilines is 2. The maximum absolute atomic E-state index is 11.8. The lowest BCUT2D eigenvalue weighted by molar-refractivity contribution is 0.480. The van der Waals surface area contributed by atoms with Crippen molar-refractivity contribution in [2.75, 3.05) is 38.0 Å². The van der Waals surface area contributed by atoms with Crippen molar-refractivity contribution >= 4 is 44.4 Å². The summed E-state index contributed by atoms with van der Waals surface area (Å²) in [5.41, 5.74) is -0.158. The zero-order chi connectivity index (χ0) is 21.3. The molecule has 0 radical (unpaired) electrons.